The zero-order valence-electron chi connectivity index (χ0n) is 14.1. The molecule has 0 heterocycles. The second-order valence-electron chi connectivity index (χ2n) is 7.41. The van der Waals surface area contributed by atoms with Crippen molar-refractivity contribution in [2.75, 3.05) is 6.54 Å². The standard InChI is InChI=1S/C19H31NS/c1-5-13-20-17-12-11-15(19(2,3)4)14-18(17)21-16-9-7-6-8-10-16/h6-10,15,17-18,20H,5,11-14H2,1-4H3. The topological polar surface area (TPSA) is 12.0 Å². The van der Waals surface area contributed by atoms with Crippen molar-refractivity contribution in [3.05, 3.63) is 30.3 Å². The van der Waals surface area contributed by atoms with Crippen molar-refractivity contribution < 1.29 is 0 Å². The second kappa shape index (κ2) is 7.69. The van der Waals surface area contributed by atoms with Crippen LogP contribution in [-0.4, -0.2) is 17.8 Å². The quantitative estimate of drug-likeness (QED) is 0.785. The van der Waals surface area contributed by atoms with Crippen molar-refractivity contribution in [3.8, 4) is 0 Å². The van der Waals surface area contributed by atoms with E-state index < -0.39 is 0 Å². The Bertz CT molecular complexity index is 409. The predicted octanol–water partition coefficient (Wildman–Crippen LogP) is 5.36. The van der Waals surface area contributed by atoms with Crippen LogP contribution in [0.5, 0.6) is 0 Å². The van der Waals surface area contributed by atoms with Gasteiger partial charge in [0, 0.05) is 16.2 Å². The van der Waals surface area contributed by atoms with Gasteiger partial charge in [-0.05, 0) is 55.7 Å². The Kier molecular flexibility index (Phi) is 6.19. The first-order valence-corrected chi connectivity index (χ1v) is 9.33. The maximum atomic E-state index is 3.79. The largest absolute Gasteiger partial charge is 0.313 e. The molecule has 2 heteroatoms. The van der Waals surface area contributed by atoms with Crippen LogP contribution in [0.4, 0.5) is 0 Å². The van der Waals surface area contributed by atoms with E-state index in [0.717, 1.165) is 12.5 Å². The molecule has 0 bridgehead atoms. The van der Waals surface area contributed by atoms with Crippen LogP contribution in [0.2, 0.25) is 0 Å². The molecule has 0 spiro atoms. The third kappa shape index (κ3) is 5.03. The van der Waals surface area contributed by atoms with Crippen LogP contribution in [-0.2, 0) is 0 Å². The van der Waals surface area contributed by atoms with Crippen molar-refractivity contribution in [2.45, 2.75) is 69.6 Å². The molecule has 0 radical (unpaired) electrons. The molecule has 0 saturated heterocycles. The Labute approximate surface area is 135 Å². The lowest BCUT2D eigenvalue weighted by Gasteiger charge is -2.42. The van der Waals surface area contributed by atoms with E-state index in [0.29, 0.717) is 16.7 Å². The zero-order chi connectivity index (χ0) is 15.3. The molecule has 2 rings (SSSR count). The van der Waals surface area contributed by atoms with Crippen molar-refractivity contribution >= 4 is 11.8 Å². The number of benzene rings is 1. The van der Waals surface area contributed by atoms with E-state index in [2.05, 4.69) is 75.1 Å². The van der Waals surface area contributed by atoms with Crippen molar-refractivity contribution in [1.29, 1.82) is 0 Å². The Hall–Kier alpha value is -0.470. The van der Waals surface area contributed by atoms with Gasteiger partial charge < -0.3 is 5.32 Å². The van der Waals surface area contributed by atoms with Crippen LogP contribution in [0.1, 0.15) is 53.4 Å². The molecule has 21 heavy (non-hydrogen) atoms. The van der Waals surface area contributed by atoms with Gasteiger partial charge in [-0.25, -0.2) is 0 Å². The molecule has 1 saturated carbocycles. The van der Waals surface area contributed by atoms with E-state index in [1.54, 1.807) is 0 Å². The van der Waals surface area contributed by atoms with E-state index >= 15 is 0 Å². The van der Waals surface area contributed by atoms with Crippen LogP contribution in [0.25, 0.3) is 0 Å². The molecule has 1 N–H and O–H groups in total. The van der Waals surface area contributed by atoms with Gasteiger partial charge in [-0.15, -0.1) is 11.8 Å². The molecular weight excluding hydrogens is 274 g/mol. The summed E-state index contributed by atoms with van der Waals surface area (Å²) >= 11 is 2.08. The highest BCUT2D eigenvalue weighted by atomic mass is 32.2. The third-order valence-electron chi connectivity index (χ3n) is 4.70. The van der Waals surface area contributed by atoms with Gasteiger partial charge >= 0.3 is 0 Å². The molecule has 1 fully saturated rings. The Morgan fingerprint density at radius 1 is 1.14 bits per heavy atom. The maximum absolute atomic E-state index is 3.79. The van der Waals surface area contributed by atoms with Gasteiger partial charge in [0.25, 0.3) is 0 Å². The molecule has 0 aliphatic heterocycles. The fourth-order valence-electron chi connectivity index (χ4n) is 3.28. The summed E-state index contributed by atoms with van der Waals surface area (Å²) in [6, 6.07) is 11.6. The van der Waals surface area contributed by atoms with Crippen LogP contribution < -0.4 is 5.32 Å². The first-order valence-electron chi connectivity index (χ1n) is 8.45. The lowest BCUT2D eigenvalue weighted by Crippen LogP contribution is -2.45. The lowest BCUT2D eigenvalue weighted by atomic mass is 9.71. The van der Waals surface area contributed by atoms with Gasteiger partial charge in [0.15, 0.2) is 0 Å². The van der Waals surface area contributed by atoms with Crippen molar-refractivity contribution in [3.63, 3.8) is 0 Å². The van der Waals surface area contributed by atoms with Gasteiger partial charge in [-0.3, -0.25) is 0 Å². The highest BCUT2D eigenvalue weighted by Crippen LogP contribution is 2.43. The minimum atomic E-state index is 0.436. The normalized spacial score (nSPS) is 26.8. The fourth-order valence-corrected chi connectivity index (χ4v) is 4.67. The van der Waals surface area contributed by atoms with Gasteiger partial charge in [-0.2, -0.15) is 0 Å². The average molecular weight is 306 g/mol. The Morgan fingerprint density at radius 3 is 2.48 bits per heavy atom. The highest BCUT2D eigenvalue weighted by Gasteiger charge is 2.36. The summed E-state index contributed by atoms with van der Waals surface area (Å²) in [6.45, 7) is 10.6. The Morgan fingerprint density at radius 2 is 1.86 bits per heavy atom. The van der Waals surface area contributed by atoms with Gasteiger partial charge in [0.05, 0.1) is 0 Å². The molecule has 1 aliphatic rings. The van der Waals surface area contributed by atoms with Crippen LogP contribution >= 0.6 is 11.8 Å². The van der Waals surface area contributed by atoms with Gasteiger partial charge in [0.2, 0.25) is 0 Å². The van der Waals surface area contributed by atoms with E-state index in [1.807, 2.05) is 0 Å². The smallest absolute Gasteiger partial charge is 0.0251 e. The van der Waals surface area contributed by atoms with Crippen molar-refractivity contribution in [1.82, 2.24) is 5.32 Å². The summed E-state index contributed by atoms with van der Waals surface area (Å²) < 4.78 is 0. The first-order chi connectivity index (χ1) is 10.0. The minimum absolute atomic E-state index is 0.436. The predicted molar refractivity (Wildman–Crippen MR) is 95.0 cm³/mol. The number of nitrogens with one attached hydrogen (secondary N) is 1. The summed E-state index contributed by atoms with van der Waals surface area (Å²) in [5, 5.41) is 4.50. The first kappa shape index (κ1) is 16.9. The molecule has 118 valence electrons. The number of hydrogen-bond donors (Lipinski definition) is 1. The van der Waals surface area contributed by atoms with E-state index in [4.69, 9.17) is 0 Å². The van der Waals surface area contributed by atoms with Crippen LogP contribution in [0.3, 0.4) is 0 Å². The molecule has 1 aromatic rings. The Balaban J connectivity index is 2.05. The van der Waals surface area contributed by atoms with Gasteiger partial charge in [0.1, 0.15) is 0 Å². The van der Waals surface area contributed by atoms with E-state index in [-0.39, 0.29) is 0 Å². The minimum Gasteiger partial charge on any atom is -0.313 e. The summed E-state index contributed by atoms with van der Waals surface area (Å²) in [5.41, 5.74) is 0.436. The number of hydrogen-bond acceptors (Lipinski definition) is 2. The molecule has 1 aromatic carbocycles. The fraction of sp³-hybridized carbons (Fsp3) is 0.684. The SMILES string of the molecule is CCCNC1CCC(C(C)(C)C)CC1Sc1ccccc1. The molecule has 1 aliphatic carbocycles. The summed E-state index contributed by atoms with van der Waals surface area (Å²) in [4.78, 5) is 1.42. The molecular formula is C19H31NS. The molecule has 0 aromatic heterocycles. The average Bonchev–Trinajstić information content (AvgIpc) is 2.46. The third-order valence-corrected chi connectivity index (χ3v) is 6.07. The molecule has 1 nitrogen and oxygen atoms in total. The van der Waals surface area contributed by atoms with E-state index in [9.17, 15) is 0 Å². The molecule has 0 amide bonds. The second-order valence-corrected chi connectivity index (χ2v) is 8.72. The lowest BCUT2D eigenvalue weighted by molar-refractivity contribution is 0.165. The van der Waals surface area contributed by atoms with Crippen LogP contribution in [0, 0.1) is 11.3 Å². The van der Waals surface area contributed by atoms with Gasteiger partial charge in [-0.1, -0.05) is 45.9 Å². The number of rotatable bonds is 5. The highest BCUT2D eigenvalue weighted by molar-refractivity contribution is 8.00. The molecule has 3 atom stereocenters. The van der Waals surface area contributed by atoms with Crippen LogP contribution in [0.15, 0.2) is 35.2 Å². The monoisotopic (exact) mass is 305 g/mol. The molecule has 3 unspecified atom stereocenters. The van der Waals surface area contributed by atoms with E-state index in [1.165, 1.54) is 30.6 Å². The van der Waals surface area contributed by atoms with Crippen molar-refractivity contribution in [2.24, 2.45) is 11.3 Å². The summed E-state index contributed by atoms with van der Waals surface area (Å²) in [5.74, 6) is 0.846. The summed E-state index contributed by atoms with van der Waals surface area (Å²) in [7, 11) is 0. The summed E-state index contributed by atoms with van der Waals surface area (Å²) in [6.07, 6.45) is 5.26. The number of thioether (sulfide) groups is 1. The maximum Gasteiger partial charge on any atom is 0.0251 e. The zero-order valence-corrected chi connectivity index (χ0v) is 14.9.